The van der Waals surface area contributed by atoms with Crippen molar-refractivity contribution in [2.24, 2.45) is 5.73 Å². The Morgan fingerprint density at radius 1 is 1.28 bits per heavy atom. The molecule has 1 aliphatic carbocycles. The van der Waals surface area contributed by atoms with Gasteiger partial charge in [0.25, 0.3) is 0 Å². The van der Waals surface area contributed by atoms with Crippen LogP contribution in [0.4, 0.5) is 9.59 Å². The van der Waals surface area contributed by atoms with Crippen molar-refractivity contribution >= 4 is 35.1 Å². The fourth-order valence-corrected chi connectivity index (χ4v) is 1.79. The van der Waals surface area contributed by atoms with E-state index < -0.39 is 30.5 Å². The van der Waals surface area contributed by atoms with E-state index in [4.69, 9.17) is 15.2 Å². The smallest absolute Gasteiger partial charge is 0.416 e. The van der Waals surface area contributed by atoms with Gasteiger partial charge < -0.3 is 20.3 Å². The Morgan fingerprint density at radius 3 is 2.56 bits per heavy atom. The molecule has 0 saturated carbocycles. The third-order valence-corrected chi connectivity index (χ3v) is 2.87. The van der Waals surface area contributed by atoms with Crippen LogP contribution < -0.4 is 9.26 Å². The van der Waals surface area contributed by atoms with E-state index in [1.807, 2.05) is 0 Å². The summed E-state index contributed by atoms with van der Waals surface area (Å²) in [6, 6.07) is 0. The largest absolute Gasteiger partial charge is 0.442 e. The van der Waals surface area contributed by atoms with E-state index in [2.05, 4.69) is 3.53 Å². The number of carbonyl (C=O) groups excluding carboxylic acids is 2. The standard InChI is InChI=1S/C10H15IN2O5/c11-13-10(16)18-7-2-1-6(14)5-8(4-3-7)17-9(12)15/h3-4,6-8,14H,1-2,5H2,(H2,12,15)(H,13,16)/b4-3+. The Labute approximate surface area is 118 Å². The van der Waals surface area contributed by atoms with Gasteiger partial charge in [-0.2, -0.15) is 0 Å². The predicted molar refractivity (Wildman–Crippen MR) is 70.9 cm³/mol. The summed E-state index contributed by atoms with van der Waals surface area (Å²) in [4.78, 5) is 21.7. The minimum Gasteiger partial charge on any atom is -0.442 e. The molecular weight excluding hydrogens is 355 g/mol. The van der Waals surface area contributed by atoms with Crippen molar-refractivity contribution in [3.05, 3.63) is 12.2 Å². The maximum Gasteiger partial charge on any atom is 0.416 e. The maximum absolute atomic E-state index is 11.1. The molecule has 0 spiro atoms. The number of rotatable bonds is 2. The molecule has 2 amide bonds. The zero-order valence-corrected chi connectivity index (χ0v) is 11.7. The number of nitrogens with one attached hydrogen (secondary N) is 1. The van der Waals surface area contributed by atoms with Crippen LogP contribution in [0.1, 0.15) is 19.3 Å². The number of carbonyl (C=O) groups is 2. The minimum absolute atomic E-state index is 0.282. The van der Waals surface area contributed by atoms with Crippen LogP contribution in [-0.4, -0.2) is 35.6 Å². The molecule has 0 aliphatic heterocycles. The summed E-state index contributed by atoms with van der Waals surface area (Å²) < 4.78 is 12.2. The first-order chi connectivity index (χ1) is 8.51. The molecule has 4 N–H and O–H groups in total. The fourth-order valence-electron chi connectivity index (χ4n) is 1.66. The molecule has 0 fully saturated rings. The Morgan fingerprint density at radius 2 is 1.94 bits per heavy atom. The quantitative estimate of drug-likeness (QED) is 0.382. The van der Waals surface area contributed by atoms with Crippen LogP contribution in [-0.2, 0) is 9.47 Å². The van der Waals surface area contributed by atoms with Crippen molar-refractivity contribution in [2.75, 3.05) is 0 Å². The second-order valence-corrected chi connectivity index (χ2v) is 4.40. The van der Waals surface area contributed by atoms with Crippen LogP contribution in [0.2, 0.25) is 0 Å². The summed E-state index contributed by atoms with van der Waals surface area (Å²) in [6.45, 7) is 0. The van der Waals surface area contributed by atoms with Crippen LogP contribution >= 0.6 is 22.9 Å². The average Bonchev–Trinajstić information content (AvgIpc) is 2.29. The average molecular weight is 370 g/mol. The molecule has 8 heteroatoms. The normalized spacial score (nSPS) is 29.6. The molecule has 102 valence electrons. The number of aliphatic hydroxyl groups excluding tert-OH is 1. The van der Waals surface area contributed by atoms with Gasteiger partial charge in [0, 0.05) is 6.42 Å². The summed E-state index contributed by atoms with van der Waals surface area (Å²) in [7, 11) is 0. The molecule has 0 radical (unpaired) electrons. The summed E-state index contributed by atoms with van der Waals surface area (Å²) in [5.74, 6) is 0. The lowest BCUT2D eigenvalue weighted by Gasteiger charge is -2.22. The first-order valence-corrected chi connectivity index (χ1v) is 6.49. The lowest BCUT2D eigenvalue weighted by molar-refractivity contribution is 0.0583. The molecule has 18 heavy (non-hydrogen) atoms. The van der Waals surface area contributed by atoms with Crippen LogP contribution in [0.15, 0.2) is 12.2 Å². The monoisotopic (exact) mass is 370 g/mol. The van der Waals surface area contributed by atoms with Crippen LogP contribution in [0.5, 0.6) is 0 Å². The van der Waals surface area contributed by atoms with E-state index in [0.717, 1.165) is 0 Å². The van der Waals surface area contributed by atoms with Gasteiger partial charge in [-0.25, -0.2) is 9.59 Å². The van der Waals surface area contributed by atoms with Gasteiger partial charge in [0.15, 0.2) is 0 Å². The molecule has 0 aromatic rings. The molecular formula is C10H15IN2O5. The number of ether oxygens (including phenoxy) is 2. The van der Waals surface area contributed by atoms with Gasteiger partial charge >= 0.3 is 12.2 Å². The fraction of sp³-hybridized carbons (Fsp3) is 0.600. The summed E-state index contributed by atoms with van der Waals surface area (Å²) >= 11 is 1.67. The lowest BCUT2D eigenvalue weighted by Crippen LogP contribution is -2.29. The lowest BCUT2D eigenvalue weighted by atomic mass is 10.00. The van der Waals surface area contributed by atoms with Gasteiger partial charge in [-0.1, -0.05) is 0 Å². The van der Waals surface area contributed by atoms with E-state index in [1.54, 1.807) is 35.0 Å². The second-order valence-electron chi connectivity index (χ2n) is 3.87. The van der Waals surface area contributed by atoms with E-state index >= 15 is 0 Å². The van der Waals surface area contributed by atoms with Gasteiger partial charge in [0.2, 0.25) is 0 Å². The van der Waals surface area contributed by atoms with Gasteiger partial charge in [0.05, 0.1) is 29.0 Å². The van der Waals surface area contributed by atoms with Crippen molar-refractivity contribution in [1.82, 2.24) is 3.53 Å². The Bertz CT molecular complexity index is 336. The van der Waals surface area contributed by atoms with Crippen molar-refractivity contribution in [1.29, 1.82) is 0 Å². The predicted octanol–water partition coefficient (Wildman–Crippen LogP) is 0.996. The van der Waals surface area contributed by atoms with Crippen molar-refractivity contribution in [3.8, 4) is 0 Å². The molecule has 7 nitrogen and oxygen atoms in total. The first-order valence-electron chi connectivity index (χ1n) is 5.41. The topological polar surface area (TPSA) is 111 Å². The van der Waals surface area contributed by atoms with Gasteiger partial charge in [-0.3, -0.25) is 3.53 Å². The zero-order valence-electron chi connectivity index (χ0n) is 9.54. The first kappa shape index (κ1) is 15.0. The van der Waals surface area contributed by atoms with Crippen LogP contribution in [0.3, 0.4) is 0 Å². The van der Waals surface area contributed by atoms with Crippen molar-refractivity contribution in [2.45, 2.75) is 37.6 Å². The maximum atomic E-state index is 11.1. The molecule has 0 heterocycles. The molecule has 3 atom stereocenters. The third-order valence-electron chi connectivity index (χ3n) is 2.43. The van der Waals surface area contributed by atoms with Crippen LogP contribution in [0.25, 0.3) is 0 Å². The van der Waals surface area contributed by atoms with E-state index in [1.165, 1.54) is 0 Å². The van der Waals surface area contributed by atoms with Gasteiger partial charge in [-0.05, 0) is 25.0 Å². The SMILES string of the molecule is NC(=O)OC1/C=C/C(OC(=O)NI)CCC(O)C1. The van der Waals surface area contributed by atoms with Crippen LogP contribution in [0, 0.1) is 0 Å². The Balaban J connectivity index is 2.64. The highest BCUT2D eigenvalue weighted by molar-refractivity contribution is 14.1. The summed E-state index contributed by atoms with van der Waals surface area (Å²) in [5, 5.41) is 9.68. The van der Waals surface area contributed by atoms with E-state index in [-0.39, 0.29) is 6.42 Å². The number of halogens is 1. The number of nitrogens with two attached hydrogens (primary N) is 1. The van der Waals surface area contributed by atoms with E-state index in [9.17, 15) is 14.7 Å². The molecule has 0 saturated heterocycles. The highest BCUT2D eigenvalue weighted by Crippen LogP contribution is 2.17. The molecule has 1 aliphatic rings. The van der Waals surface area contributed by atoms with Gasteiger partial charge in [0.1, 0.15) is 12.2 Å². The number of hydrogen-bond acceptors (Lipinski definition) is 5. The zero-order chi connectivity index (χ0) is 13.5. The Hall–Kier alpha value is -1.03. The van der Waals surface area contributed by atoms with E-state index in [0.29, 0.717) is 12.8 Å². The number of amides is 2. The van der Waals surface area contributed by atoms with Crippen molar-refractivity contribution < 1.29 is 24.2 Å². The highest BCUT2D eigenvalue weighted by Gasteiger charge is 2.21. The third kappa shape index (κ3) is 5.54. The summed E-state index contributed by atoms with van der Waals surface area (Å²) in [6.07, 6.45) is 1.27. The molecule has 0 aromatic carbocycles. The molecule has 0 aromatic heterocycles. The number of primary amides is 1. The number of hydrogen-bond donors (Lipinski definition) is 3. The molecule has 3 unspecified atom stereocenters. The highest BCUT2D eigenvalue weighted by atomic mass is 127. The second kappa shape index (κ2) is 7.41. The molecule has 1 rings (SSSR count). The van der Waals surface area contributed by atoms with Gasteiger partial charge in [-0.15, -0.1) is 0 Å². The molecule has 0 bridgehead atoms. The minimum atomic E-state index is -0.903. The Kier molecular flexibility index (Phi) is 6.19. The number of aliphatic hydroxyl groups is 1. The van der Waals surface area contributed by atoms with Crippen molar-refractivity contribution in [3.63, 3.8) is 0 Å². The summed E-state index contributed by atoms with van der Waals surface area (Å²) in [5.41, 5.74) is 4.92.